The Morgan fingerprint density at radius 1 is 1.56 bits per heavy atom. The fourth-order valence-corrected chi connectivity index (χ4v) is 1.68. The van der Waals surface area contributed by atoms with E-state index < -0.39 is 4.92 Å². The zero-order chi connectivity index (χ0) is 12.0. The maximum Gasteiger partial charge on any atom is 0.269 e. The Bertz CT molecular complexity index is 357. The van der Waals surface area contributed by atoms with Crippen LogP contribution in [0.1, 0.15) is 18.4 Å². The van der Waals surface area contributed by atoms with E-state index in [9.17, 15) is 10.1 Å². The average molecular weight is 240 g/mol. The lowest BCUT2D eigenvalue weighted by molar-refractivity contribution is -0.384. The molecule has 1 rings (SSSR count). The maximum absolute atomic E-state index is 10.6. The van der Waals surface area contributed by atoms with E-state index in [0.29, 0.717) is 19.0 Å². The Hall–Kier alpha value is -1.07. The molecular weight excluding hydrogens is 226 g/mol. The zero-order valence-electron chi connectivity index (χ0n) is 9.09. The highest BCUT2D eigenvalue weighted by Crippen LogP contribution is 2.22. The van der Waals surface area contributed by atoms with Crippen molar-refractivity contribution in [2.45, 2.75) is 12.8 Å². The third kappa shape index (κ3) is 3.50. The smallest absolute Gasteiger partial charge is 0.269 e. The lowest BCUT2D eigenvalue weighted by atomic mass is 10.0. The van der Waals surface area contributed by atoms with Crippen LogP contribution >= 0.6 is 12.6 Å². The molecule has 1 radical (unpaired) electrons. The van der Waals surface area contributed by atoms with E-state index >= 15 is 0 Å². The van der Waals surface area contributed by atoms with Crippen molar-refractivity contribution < 1.29 is 9.66 Å². The Morgan fingerprint density at radius 3 is 2.88 bits per heavy atom. The van der Waals surface area contributed by atoms with Crippen LogP contribution < -0.4 is 0 Å². The molecule has 0 aliphatic carbocycles. The quantitative estimate of drug-likeness (QED) is 0.567. The van der Waals surface area contributed by atoms with Gasteiger partial charge in [-0.3, -0.25) is 10.1 Å². The Balaban J connectivity index is 2.83. The van der Waals surface area contributed by atoms with Crippen LogP contribution in [0.2, 0.25) is 0 Å². The van der Waals surface area contributed by atoms with Gasteiger partial charge in [-0.05, 0) is 12.5 Å². The molecule has 0 fully saturated rings. The van der Waals surface area contributed by atoms with Gasteiger partial charge in [-0.15, -0.1) is 0 Å². The standard InChI is InChI=1S/C11H14NO3S/c1-2-15-7-10(8-16)9-4-3-5-11(6-9)12(13)14/h3-6,10H,2,7-8H2,1H3. The van der Waals surface area contributed by atoms with Gasteiger partial charge in [0, 0.05) is 30.4 Å². The topological polar surface area (TPSA) is 52.4 Å². The number of nitrogens with zero attached hydrogens (tertiary/aromatic N) is 1. The van der Waals surface area contributed by atoms with Crippen LogP contribution in [-0.2, 0) is 4.74 Å². The number of hydrogen-bond acceptors (Lipinski definition) is 3. The second kappa shape index (κ2) is 6.50. The van der Waals surface area contributed by atoms with E-state index in [1.807, 2.05) is 13.0 Å². The van der Waals surface area contributed by atoms with Gasteiger partial charge in [0.25, 0.3) is 5.69 Å². The monoisotopic (exact) mass is 240 g/mol. The Morgan fingerprint density at radius 2 is 2.31 bits per heavy atom. The van der Waals surface area contributed by atoms with Crippen LogP contribution in [0, 0.1) is 10.1 Å². The van der Waals surface area contributed by atoms with E-state index in [4.69, 9.17) is 17.4 Å². The van der Waals surface area contributed by atoms with E-state index in [2.05, 4.69) is 0 Å². The van der Waals surface area contributed by atoms with Gasteiger partial charge < -0.3 is 4.74 Å². The van der Waals surface area contributed by atoms with E-state index in [0.717, 1.165) is 5.56 Å². The highest BCUT2D eigenvalue weighted by atomic mass is 32.1. The summed E-state index contributed by atoms with van der Waals surface area (Å²) in [4.78, 5) is 10.2. The fraction of sp³-hybridized carbons (Fsp3) is 0.455. The van der Waals surface area contributed by atoms with Crippen LogP contribution in [0.15, 0.2) is 24.3 Å². The van der Waals surface area contributed by atoms with Gasteiger partial charge in [0.2, 0.25) is 0 Å². The minimum absolute atomic E-state index is 0.0508. The number of rotatable bonds is 6. The predicted octanol–water partition coefficient (Wildman–Crippen LogP) is 2.91. The van der Waals surface area contributed by atoms with E-state index in [1.54, 1.807) is 12.1 Å². The molecule has 0 saturated heterocycles. The first kappa shape index (κ1) is 13.0. The Kier molecular flexibility index (Phi) is 5.28. The van der Waals surface area contributed by atoms with Gasteiger partial charge in [0.05, 0.1) is 11.5 Å². The normalized spacial score (nSPS) is 12.4. The summed E-state index contributed by atoms with van der Waals surface area (Å²) in [6, 6.07) is 6.57. The highest BCUT2D eigenvalue weighted by Gasteiger charge is 2.13. The number of ether oxygens (including phenoxy) is 1. The van der Waals surface area contributed by atoms with Crippen LogP contribution in [0.25, 0.3) is 0 Å². The lowest BCUT2D eigenvalue weighted by Gasteiger charge is -2.13. The molecule has 0 bridgehead atoms. The van der Waals surface area contributed by atoms with Crippen molar-refractivity contribution in [2.24, 2.45) is 0 Å². The molecule has 0 aliphatic rings. The van der Waals surface area contributed by atoms with Crippen molar-refractivity contribution in [3.8, 4) is 0 Å². The first-order valence-corrected chi connectivity index (χ1v) is 5.67. The van der Waals surface area contributed by atoms with Gasteiger partial charge in [-0.1, -0.05) is 24.8 Å². The first-order valence-electron chi connectivity index (χ1n) is 5.09. The molecule has 16 heavy (non-hydrogen) atoms. The van der Waals surface area contributed by atoms with Gasteiger partial charge in [0.1, 0.15) is 0 Å². The van der Waals surface area contributed by atoms with Crippen molar-refractivity contribution in [1.82, 2.24) is 0 Å². The maximum atomic E-state index is 10.6. The number of non-ortho nitro benzene ring substituents is 1. The van der Waals surface area contributed by atoms with Gasteiger partial charge >= 0.3 is 0 Å². The first-order chi connectivity index (χ1) is 7.69. The van der Waals surface area contributed by atoms with Crippen LogP contribution in [0.5, 0.6) is 0 Å². The molecule has 5 heteroatoms. The largest absolute Gasteiger partial charge is 0.381 e. The molecule has 0 aliphatic heterocycles. The van der Waals surface area contributed by atoms with Gasteiger partial charge in [-0.25, -0.2) is 0 Å². The molecule has 0 saturated carbocycles. The second-order valence-electron chi connectivity index (χ2n) is 3.38. The molecule has 0 N–H and O–H groups in total. The molecule has 1 aromatic rings. The SMILES string of the molecule is CCOCC(C[S])c1cccc([N+](=O)[O-])c1. The summed E-state index contributed by atoms with van der Waals surface area (Å²) in [7, 11) is 0. The molecule has 1 unspecified atom stereocenters. The third-order valence-electron chi connectivity index (χ3n) is 2.28. The minimum Gasteiger partial charge on any atom is -0.381 e. The van der Waals surface area contributed by atoms with Gasteiger partial charge in [0.15, 0.2) is 0 Å². The van der Waals surface area contributed by atoms with Crippen molar-refractivity contribution in [3.63, 3.8) is 0 Å². The highest BCUT2D eigenvalue weighted by molar-refractivity contribution is 7.80. The van der Waals surface area contributed by atoms with Crippen LogP contribution in [-0.4, -0.2) is 23.9 Å². The predicted molar refractivity (Wildman–Crippen MR) is 64.8 cm³/mol. The molecule has 0 heterocycles. The van der Waals surface area contributed by atoms with Gasteiger partial charge in [-0.2, -0.15) is 0 Å². The van der Waals surface area contributed by atoms with E-state index in [1.165, 1.54) is 6.07 Å². The van der Waals surface area contributed by atoms with Crippen molar-refractivity contribution >= 4 is 18.3 Å². The summed E-state index contributed by atoms with van der Waals surface area (Å²) >= 11 is 5.03. The summed E-state index contributed by atoms with van der Waals surface area (Å²) in [5.41, 5.74) is 0.972. The number of nitro benzene ring substituents is 1. The number of benzene rings is 1. The molecule has 0 spiro atoms. The molecule has 87 valence electrons. The molecule has 1 atom stereocenters. The summed E-state index contributed by atoms with van der Waals surface area (Å²) in [5, 5.41) is 10.6. The molecule has 0 aromatic heterocycles. The van der Waals surface area contributed by atoms with Crippen molar-refractivity contribution in [1.29, 1.82) is 0 Å². The number of hydrogen-bond donors (Lipinski definition) is 0. The minimum atomic E-state index is -0.398. The molecular formula is C11H14NO3S. The molecule has 1 aromatic carbocycles. The lowest BCUT2D eigenvalue weighted by Crippen LogP contribution is -2.09. The summed E-state index contributed by atoms with van der Waals surface area (Å²) in [6.07, 6.45) is 0. The summed E-state index contributed by atoms with van der Waals surface area (Å²) in [5.74, 6) is 0.552. The molecule has 4 nitrogen and oxygen atoms in total. The average Bonchev–Trinajstić information content (AvgIpc) is 2.30. The van der Waals surface area contributed by atoms with Crippen molar-refractivity contribution in [2.75, 3.05) is 19.0 Å². The summed E-state index contributed by atoms with van der Waals surface area (Å²) < 4.78 is 5.30. The van der Waals surface area contributed by atoms with Crippen molar-refractivity contribution in [3.05, 3.63) is 39.9 Å². The Labute approximate surface area is 100 Å². The fourth-order valence-electron chi connectivity index (χ4n) is 1.39. The number of nitro groups is 1. The second-order valence-corrected chi connectivity index (χ2v) is 3.71. The third-order valence-corrected chi connectivity index (χ3v) is 2.68. The molecule has 0 amide bonds. The zero-order valence-corrected chi connectivity index (χ0v) is 9.90. The summed E-state index contributed by atoms with van der Waals surface area (Å²) in [6.45, 7) is 3.05. The van der Waals surface area contributed by atoms with Crippen LogP contribution in [0.3, 0.4) is 0 Å². The van der Waals surface area contributed by atoms with E-state index in [-0.39, 0.29) is 11.6 Å². The van der Waals surface area contributed by atoms with Crippen LogP contribution in [0.4, 0.5) is 5.69 Å².